The van der Waals surface area contributed by atoms with Crippen molar-refractivity contribution in [2.24, 2.45) is 0 Å². The number of hydrogen-bond donors (Lipinski definition) is 0. The SMILES string of the molecule is Cc1cc2cccc[n+]2c2cc(Cl)ccc12. The van der Waals surface area contributed by atoms with E-state index in [2.05, 4.69) is 35.7 Å². The molecule has 0 spiro atoms. The van der Waals surface area contributed by atoms with Gasteiger partial charge in [0.05, 0.1) is 0 Å². The largest absolute Gasteiger partial charge is 0.220 e. The van der Waals surface area contributed by atoms with Crippen molar-refractivity contribution in [1.82, 2.24) is 0 Å². The molecular formula is C14H11ClN+. The highest BCUT2D eigenvalue weighted by Crippen LogP contribution is 2.20. The quantitative estimate of drug-likeness (QED) is 0.409. The topological polar surface area (TPSA) is 4.10 Å². The summed E-state index contributed by atoms with van der Waals surface area (Å²) in [4.78, 5) is 0. The van der Waals surface area contributed by atoms with E-state index in [1.807, 2.05) is 24.3 Å². The van der Waals surface area contributed by atoms with Gasteiger partial charge >= 0.3 is 0 Å². The highest BCUT2D eigenvalue weighted by atomic mass is 35.5. The Balaban J connectivity index is 2.61. The molecule has 3 aromatic rings. The Labute approximate surface area is 98.9 Å². The van der Waals surface area contributed by atoms with E-state index in [4.69, 9.17) is 11.6 Å². The fourth-order valence-electron chi connectivity index (χ4n) is 2.13. The van der Waals surface area contributed by atoms with Crippen LogP contribution in [0.1, 0.15) is 5.56 Å². The van der Waals surface area contributed by atoms with Gasteiger partial charge in [-0.1, -0.05) is 11.6 Å². The van der Waals surface area contributed by atoms with Gasteiger partial charge < -0.3 is 0 Å². The number of pyridine rings is 2. The third-order valence-corrected chi connectivity index (χ3v) is 3.14. The normalized spacial score (nSPS) is 11.1. The molecule has 0 fully saturated rings. The molecule has 3 rings (SSSR count). The maximum absolute atomic E-state index is 6.06. The summed E-state index contributed by atoms with van der Waals surface area (Å²) < 4.78 is 2.16. The molecule has 0 saturated carbocycles. The molecule has 0 aliphatic rings. The first-order chi connectivity index (χ1) is 7.75. The number of hydrogen-bond acceptors (Lipinski definition) is 0. The summed E-state index contributed by atoms with van der Waals surface area (Å²) in [5.41, 5.74) is 3.62. The van der Waals surface area contributed by atoms with Crippen LogP contribution in [-0.4, -0.2) is 0 Å². The van der Waals surface area contributed by atoms with Crippen molar-refractivity contribution in [3.63, 3.8) is 0 Å². The molecule has 0 radical (unpaired) electrons. The lowest BCUT2D eigenvalue weighted by Gasteiger charge is -2.01. The maximum Gasteiger partial charge on any atom is 0.220 e. The van der Waals surface area contributed by atoms with Gasteiger partial charge in [0.25, 0.3) is 0 Å². The lowest BCUT2D eigenvalue weighted by Crippen LogP contribution is -2.22. The third kappa shape index (κ3) is 1.36. The third-order valence-electron chi connectivity index (χ3n) is 2.90. The molecule has 0 amide bonds. The van der Waals surface area contributed by atoms with Gasteiger partial charge in [-0.15, -0.1) is 0 Å². The number of nitrogens with zero attached hydrogens (tertiary/aromatic N) is 1. The van der Waals surface area contributed by atoms with Gasteiger partial charge in [-0.25, -0.2) is 0 Å². The maximum atomic E-state index is 6.06. The van der Waals surface area contributed by atoms with Crippen LogP contribution in [0.5, 0.6) is 0 Å². The highest BCUT2D eigenvalue weighted by Gasteiger charge is 2.10. The molecule has 0 aliphatic carbocycles. The minimum Gasteiger partial charge on any atom is -0.160 e. The summed E-state index contributed by atoms with van der Waals surface area (Å²) in [6.45, 7) is 2.13. The fraction of sp³-hybridized carbons (Fsp3) is 0.0714. The zero-order valence-electron chi connectivity index (χ0n) is 8.94. The Morgan fingerprint density at radius 1 is 1.06 bits per heavy atom. The van der Waals surface area contributed by atoms with Gasteiger partial charge in [0.1, 0.15) is 0 Å². The zero-order valence-corrected chi connectivity index (χ0v) is 9.70. The van der Waals surface area contributed by atoms with E-state index in [1.54, 1.807) is 0 Å². The standard InChI is InChI=1S/C14H11ClN/c1-10-8-12-4-2-3-7-16(12)14-9-11(15)5-6-13(10)14/h2-9H,1H3/q+1. The van der Waals surface area contributed by atoms with E-state index in [0.717, 1.165) is 10.5 Å². The molecule has 0 unspecified atom stereocenters. The summed E-state index contributed by atoms with van der Waals surface area (Å²) in [6, 6.07) is 14.4. The minimum absolute atomic E-state index is 0.774. The van der Waals surface area contributed by atoms with E-state index in [0.29, 0.717) is 0 Å². The van der Waals surface area contributed by atoms with Crippen LogP contribution in [0.2, 0.25) is 5.02 Å². The number of aromatic nitrogens is 1. The minimum atomic E-state index is 0.774. The summed E-state index contributed by atoms with van der Waals surface area (Å²) in [7, 11) is 0. The van der Waals surface area contributed by atoms with Gasteiger partial charge in [-0.2, -0.15) is 4.40 Å². The van der Waals surface area contributed by atoms with E-state index in [9.17, 15) is 0 Å². The van der Waals surface area contributed by atoms with Crippen molar-refractivity contribution in [2.75, 3.05) is 0 Å². The Morgan fingerprint density at radius 3 is 2.81 bits per heavy atom. The molecule has 2 heteroatoms. The molecule has 1 nitrogen and oxygen atoms in total. The van der Waals surface area contributed by atoms with E-state index >= 15 is 0 Å². The second-order valence-electron chi connectivity index (χ2n) is 3.98. The average molecular weight is 229 g/mol. The lowest BCUT2D eigenvalue weighted by atomic mass is 10.1. The average Bonchev–Trinajstić information content (AvgIpc) is 2.29. The molecule has 0 bridgehead atoms. The molecule has 1 aromatic carbocycles. The smallest absolute Gasteiger partial charge is 0.160 e. The van der Waals surface area contributed by atoms with Gasteiger partial charge in [0.15, 0.2) is 6.20 Å². The van der Waals surface area contributed by atoms with Crippen molar-refractivity contribution in [2.45, 2.75) is 6.92 Å². The van der Waals surface area contributed by atoms with E-state index < -0.39 is 0 Å². The molecule has 78 valence electrons. The Hall–Kier alpha value is -1.60. The first-order valence-electron chi connectivity index (χ1n) is 5.25. The molecular weight excluding hydrogens is 218 g/mol. The highest BCUT2D eigenvalue weighted by molar-refractivity contribution is 6.31. The number of halogens is 1. The van der Waals surface area contributed by atoms with Gasteiger partial charge in [-0.3, -0.25) is 0 Å². The number of rotatable bonds is 0. The lowest BCUT2D eigenvalue weighted by molar-refractivity contribution is -0.481. The zero-order chi connectivity index (χ0) is 11.1. The van der Waals surface area contributed by atoms with Gasteiger partial charge in [0, 0.05) is 34.7 Å². The van der Waals surface area contributed by atoms with Crippen molar-refractivity contribution < 1.29 is 4.40 Å². The van der Waals surface area contributed by atoms with E-state index in [1.165, 1.54) is 16.5 Å². The predicted molar refractivity (Wildman–Crippen MR) is 66.9 cm³/mol. The fourth-order valence-corrected chi connectivity index (χ4v) is 2.30. The van der Waals surface area contributed by atoms with Crippen molar-refractivity contribution >= 4 is 28.0 Å². The second-order valence-corrected chi connectivity index (χ2v) is 4.42. The number of aryl methyl sites for hydroxylation is 1. The van der Waals surface area contributed by atoms with Crippen LogP contribution in [0.4, 0.5) is 0 Å². The predicted octanol–water partition coefficient (Wildman–Crippen LogP) is 3.54. The second kappa shape index (κ2) is 3.46. The Morgan fingerprint density at radius 2 is 1.94 bits per heavy atom. The van der Waals surface area contributed by atoms with Gasteiger partial charge in [-0.05, 0) is 30.7 Å². The number of fused-ring (bicyclic) bond motifs is 3. The summed E-state index contributed by atoms with van der Waals surface area (Å²) in [5, 5.41) is 2.02. The summed E-state index contributed by atoms with van der Waals surface area (Å²) in [5.74, 6) is 0. The first-order valence-corrected chi connectivity index (χ1v) is 5.63. The first kappa shape index (κ1) is 9.61. The molecule has 2 aromatic heterocycles. The van der Waals surface area contributed by atoms with Crippen LogP contribution in [-0.2, 0) is 0 Å². The molecule has 2 heterocycles. The Kier molecular flexibility index (Phi) is 2.08. The molecule has 16 heavy (non-hydrogen) atoms. The molecule has 0 atom stereocenters. The van der Waals surface area contributed by atoms with Crippen LogP contribution in [0, 0.1) is 6.92 Å². The van der Waals surface area contributed by atoms with Gasteiger partial charge in [0.2, 0.25) is 11.0 Å². The summed E-state index contributed by atoms with van der Waals surface area (Å²) >= 11 is 6.06. The van der Waals surface area contributed by atoms with Crippen molar-refractivity contribution in [3.8, 4) is 0 Å². The van der Waals surface area contributed by atoms with Crippen molar-refractivity contribution in [3.05, 3.63) is 59.2 Å². The van der Waals surface area contributed by atoms with Crippen LogP contribution < -0.4 is 4.40 Å². The van der Waals surface area contributed by atoms with E-state index in [-0.39, 0.29) is 0 Å². The van der Waals surface area contributed by atoms with Crippen LogP contribution in [0.25, 0.3) is 16.4 Å². The van der Waals surface area contributed by atoms with Crippen molar-refractivity contribution in [1.29, 1.82) is 0 Å². The monoisotopic (exact) mass is 228 g/mol. The van der Waals surface area contributed by atoms with Crippen LogP contribution >= 0.6 is 11.6 Å². The summed E-state index contributed by atoms with van der Waals surface area (Å²) in [6.07, 6.45) is 2.06. The molecule has 0 aliphatic heterocycles. The molecule has 0 saturated heterocycles. The number of benzene rings is 1. The molecule has 0 N–H and O–H groups in total. The van der Waals surface area contributed by atoms with Crippen LogP contribution in [0.3, 0.4) is 0 Å². The van der Waals surface area contributed by atoms with Crippen LogP contribution in [0.15, 0.2) is 48.7 Å². The Bertz CT molecular complexity index is 689.